The van der Waals surface area contributed by atoms with Gasteiger partial charge in [0.1, 0.15) is 0 Å². The molecule has 0 saturated heterocycles. The molecule has 0 aliphatic heterocycles. The van der Waals surface area contributed by atoms with Crippen LogP contribution >= 0.6 is 25.3 Å². The molecule has 0 unspecified atom stereocenters. The molecular weight excluding hydrogens is 214 g/mol. The number of rotatable bonds is 1. The summed E-state index contributed by atoms with van der Waals surface area (Å²) in [6, 6.07) is 1.94. The number of nitrogens with one attached hydrogen (secondary N) is 1. The molecule has 1 amide bonds. The van der Waals surface area contributed by atoms with E-state index in [1.54, 1.807) is 0 Å². The highest BCUT2D eigenvalue weighted by Crippen LogP contribution is 2.32. The Kier molecular flexibility index (Phi) is 3.50. The SMILES string of the molecule is CC(=O)Nc1c(C)c(S)cc(C)c1S. The Morgan fingerprint density at radius 1 is 1.36 bits per heavy atom. The number of aryl methyl sites for hydroxylation is 1. The van der Waals surface area contributed by atoms with Gasteiger partial charge < -0.3 is 5.32 Å². The molecule has 0 saturated carbocycles. The number of anilines is 1. The largest absolute Gasteiger partial charge is 0.325 e. The first-order chi connectivity index (χ1) is 6.43. The number of carbonyl (C=O) groups excluding carboxylic acids is 1. The van der Waals surface area contributed by atoms with Crippen molar-refractivity contribution in [1.29, 1.82) is 0 Å². The van der Waals surface area contributed by atoms with Gasteiger partial charge in [-0.05, 0) is 31.0 Å². The number of hydrogen-bond acceptors (Lipinski definition) is 3. The van der Waals surface area contributed by atoms with E-state index in [0.717, 1.165) is 26.6 Å². The van der Waals surface area contributed by atoms with E-state index >= 15 is 0 Å². The molecule has 0 atom stereocenters. The number of hydrogen-bond donors (Lipinski definition) is 3. The maximum atomic E-state index is 11.0. The second-order valence-electron chi connectivity index (χ2n) is 3.24. The van der Waals surface area contributed by atoms with Crippen molar-refractivity contribution in [3.63, 3.8) is 0 Å². The molecule has 0 heterocycles. The van der Waals surface area contributed by atoms with Crippen LogP contribution in [0.1, 0.15) is 18.1 Å². The van der Waals surface area contributed by atoms with Gasteiger partial charge in [-0.1, -0.05) is 0 Å². The fourth-order valence-corrected chi connectivity index (χ4v) is 1.81. The molecule has 0 aliphatic carbocycles. The van der Waals surface area contributed by atoms with Crippen LogP contribution in [0.5, 0.6) is 0 Å². The standard InChI is InChI=1S/C10H13NOS2/c1-5-4-8(13)6(2)9(10(5)14)11-7(3)12/h4,13-14H,1-3H3,(H,11,12). The monoisotopic (exact) mass is 227 g/mol. The molecule has 1 rings (SSSR count). The molecule has 1 aromatic rings. The van der Waals surface area contributed by atoms with Gasteiger partial charge in [-0.15, -0.1) is 25.3 Å². The van der Waals surface area contributed by atoms with Crippen LogP contribution in [-0.4, -0.2) is 5.91 Å². The van der Waals surface area contributed by atoms with Crippen molar-refractivity contribution in [2.75, 3.05) is 5.32 Å². The molecular formula is C10H13NOS2. The van der Waals surface area contributed by atoms with E-state index in [0.29, 0.717) is 0 Å². The van der Waals surface area contributed by atoms with E-state index in [2.05, 4.69) is 30.6 Å². The summed E-state index contributed by atoms with van der Waals surface area (Å²) >= 11 is 8.68. The normalized spacial score (nSPS) is 10.1. The smallest absolute Gasteiger partial charge is 0.221 e. The van der Waals surface area contributed by atoms with Gasteiger partial charge in [0.2, 0.25) is 5.91 Å². The Morgan fingerprint density at radius 3 is 2.43 bits per heavy atom. The average Bonchev–Trinajstić information content (AvgIpc) is 2.09. The molecule has 0 aliphatic rings. The van der Waals surface area contributed by atoms with Crippen molar-refractivity contribution in [3.8, 4) is 0 Å². The minimum absolute atomic E-state index is 0.0956. The first-order valence-corrected chi connectivity index (χ1v) is 5.12. The average molecular weight is 227 g/mol. The van der Waals surface area contributed by atoms with Crippen molar-refractivity contribution < 1.29 is 4.79 Å². The lowest BCUT2D eigenvalue weighted by atomic mass is 10.1. The summed E-state index contributed by atoms with van der Waals surface area (Å²) in [4.78, 5) is 12.6. The molecule has 0 fully saturated rings. The van der Waals surface area contributed by atoms with E-state index < -0.39 is 0 Å². The zero-order chi connectivity index (χ0) is 10.9. The summed E-state index contributed by atoms with van der Waals surface area (Å²) in [5.74, 6) is -0.0956. The zero-order valence-corrected chi connectivity index (χ0v) is 10.2. The highest BCUT2D eigenvalue weighted by molar-refractivity contribution is 7.81. The summed E-state index contributed by atoms with van der Waals surface area (Å²) < 4.78 is 0. The van der Waals surface area contributed by atoms with E-state index in [-0.39, 0.29) is 5.91 Å². The van der Waals surface area contributed by atoms with Crippen molar-refractivity contribution in [2.24, 2.45) is 0 Å². The lowest BCUT2D eigenvalue weighted by Crippen LogP contribution is -2.08. The molecule has 1 aromatic carbocycles. The van der Waals surface area contributed by atoms with Gasteiger partial charge in [0.15, 0.2) is 0 Å². The number of carbonyl (C=O) groups is 1. The van der Waals surface area contributed by atoms with Crippen molar-refractivity contribution in [3.05, 3.63) is 17.2 Å². The summed E-state index contributed by atoms with van der Waals surface area (Å²) in [7, 11) is 0. The van der Waals surface area contributed by atoms with Crippen LogP contribution in [0.15, 0.2) is 15.9 Å². The number of amides is 1. The van der Waals surface area contributed by atoms with Gasteiger partial charge >= 0.3 is 0 Å². The minimum atomic E-state index is -0.0956. The van der Waals surface area contributed by atoms with Gasteiger partial charge in [-0.25, -0.2) is 0 Å². The third-order valence-corrected chi connectivity index (χ3v) is 3.06. The Bertz CT molecular complexity index is 362. The van der Waals surface area contributed by atoms with Gasteiger partial charge in [0.25, 0.3) is 0 Å². The molecule has 4 heteroatoms. The van der Waals surface area contributed by atoms with E-state index in [1.165, 1.54) is 6.92 Å². The predicted octanol–water partition coefficient (Wildman–Crippen LogP) is 2.84. The lowest BCUT2D eigenvalue weighted by Gasteiger charge is -2.13. The van der Waals surface area contributed by atoms with Crippen LogP contribution in [0.25, 0.3) is 0 Å². The summed E-state index contributed by atoms with van der Waals surface area (Å²) in [5, 5.41) is 2.76. The fourth-order valence-electron chi connectivity index (χ4n) is 1.21. The van der Waals surface area contributed by atoms with Crippen LogP contribution in [0, 0.1) is 13.8 Å². The Morgan fingerprint density at radius 2 is 1.93 bits per heavy atom. The molecule has 0 aromatic heterocycles. The second-order valence-corrected chi connectivity index (χ2v) is 4.17. The topological polar surface area (TPSA) is 29.1 Å². The maximum absolute atomic E-state index is 11.0. The first-order valence-electron chi connectivity index (χ1n) is 4.23. The van der Waals surface area contributed by atoms with E-state index in [9.17, 15) is 4.79 Å². The quantitative estimate of drug-likeness (QED) is 0.633. The summed E-state index contributed by atoms with van der Waals surface area (Å²) in [6.07, 6.45) is 0. The number of thiol groups is 2. The predicted molar refractivity (Wildman–Crippen MR) is 64.7 cm³/mol. The van der Waals surface area contributed by atoms with Gasteiger partial charge in [0.05, 0.1) is 5.69 Å². The van der Waals surface area contributed by atoms with Crippen LogP contribution < -0.4 is 5.32 Å². The van der Waals surface area contributed by atoms with Crippen molar-refractivity contribution in [2.45, 2.75) is 30.6 Å². The molecule has 14 heavy (non-hydrogen) atoms. The first kappa shape index (κ1) is 11.5. The second kappa shape index (κ2) is 4.28. The van der Waals surface area contributed by atoms with E-state index in [1.807, 2.05) is 19.9 Å². The highest BCUT2D eigenvalue weighted by Gasteiger charge is 2.10. The van der Waals surface area contributed by atoms with E-state index in [4.69, 9.17) is 0 Å². The van der Waals surface area contributed by atoms with Gasteiger partial charge in [-0.2, -0.15) is 0 Å². The number of benzene rings is 1. The van der Waals surface area contributed by atoms with Crippen molar-refractivity contribution >= 4 is 36.9 Å². The molecule has 0 spiro atoms. The van der Waals surface area contributed by atoms with Crippen LogP contribution in [0.4, 0.5) is 5.69 Å². The summed E-state index contributed by atoms with van der Waals surface area (Å²) in [5.41, 5.74) is 2.71. The fraction of sp³-hybridized carbons (Fsp3) is 0.300. The Hall–Kier alpha value is -0.610. The minimum Gasteiger partial charge on any atom is -0.325 e. The van der Waals surface area contributed by atoms with Crippen LogP contribution in [0.3, 0.4) is 0 Å². The molecule has 0 radical (unpaired) electrons. The Balaban J connectivity index is 3.31. The lowest BCUT2D eigenvalue weighted by molar-refractivity contribution is -0.114. The third-order valence-electron chi connectivity index (χ3n) is 2.02. The van der Waals surface area contributed by atoms with Gasteiger partial charge in [-0.3, -0.25) is 4.79 Å². The van der Waals surface area contributed by atoms with Crippen LogP contribution in [0.2, 0.25) is 0 Å². The highest BCUT2D eigenvalue weighted by atomic mass is 32.1. The van der Waals surface area contributed by atoms with Crippen LogP contribution in [-0.2, 0) is 4.79 Å². The molecule has 76 valence electrons. The molecule has 0 bridgehead atoms. The molecule has 1 N–H and O–H groups in total. The third kappa shape index (κ3) is 2.25. The molecule has 2 nitrogen and oxygen atoms in total. The van der Waals surface area contributed by atoms with Crippen molar-refractivity contribution in [1.82, 2.24) is 0 Å². The Labute approximate surface area is 94.9 Å². The maximum Gasteiger partial charge on any atom is 0.221 e. The zero-order valence-electron chi connectivity index (χ0n) is 8.38. The van der Waals surface area contributed by atoms with Gasteiger partial charge in [0, 0.05) is 16.7 Å². The summed E-state index contributed by atoms with van der Waals surface area (Å²) in [6.45, 7) is 5.33.